The number of aryl methyl sites for hydroxylation is 1. The third-order valence-corrected chi connectivity index (χ3v) is 5.34. The number of carbonyl (C=O) groups is 3. The van der Waals surface area contributed by atoms with Crippen molar-refractivity contribution in [1.82, 2.24) is 14.7 Å². The Labute approximate surface area is 149 Å². The highest BCUT2D eigenvalue weighted by molar-refractivity contribution is 7.15. The molecule has 3 heterocycles. The van der Waals surface area contributed by atoms with Gasteiger partial charge in [-0.2, -0.15) is 5.10 Å². The van der Waals surface area contributed by atoms with Crippen LogP contribution in [0.1, 0.15) is 54.9 Å². The average Bonchev–Trinajstić information content (AvgIpc) is 3.20. The van der Waals surface area contributed by atoms with E-state index in [0.717, 1.165) is 11.3 Å². The van der Waals surface area contributed by atoms with Crippen LogP contribution in [0.2, 0.25) is 0 Å². The van der Waals surface area contributed by atoms with Gasteiger partial charge >= 0.3 is 5.97 Å². The molecule has 8 heteroatoms. The number of amides is 1. The molecule has 1 aliphatic rings. The van der Waals surface area contributed by atoms with Crippen molar-refractivity contribution in [3.63, 3.8) is 0 Å². The van der Waals surface area contributed by atoms with Crippen LogP contribution in [0.5, 0.6) is 0 Å². The molecule has 1 amide bonds. The molecule has 2 aromatic rings. The van der Waals surface area contributed by atoms with Crippen LogP contribution < -0.4 is 0 Å². The molecule has 0 atom stereocenters. The van der Waals surface area contributed by atoms with Crippen molar-refractivity contribution in [2.45, 2.75) is 26.8 Å². The summed E-state index contributed by atoms with van der Waals surface area (Å²) in [6.07, 6.45) is 0.620. The summed E-state index contributed by atoms with van der Waals surface area (Å²) in [4.78, 5) is 39.1. The SMILES string of the molecule is CCOC(=O)c1nn(C)c2c1CN(C(=O)c1ccc(C(C)=O)s1)CC2. The van der Waals surface area contributed by atoms with Crippen molar-refractivity contribution in [2.24, 2.45) is 7.05 Å². The number of hydrogen-bond donors (Lipinski definition) is 0. The summed E-state index contributed by atoms with van der Waals surface area (Å²) >= 11 is 1.19. The summed E-state index contributed by atoms with van der Waals surface area (Å²) in [5, 5.41) is 4.27. The molecule has 0 radical (unpaired) electrons. The topological polar surface area (TPSA) is 81.5 Å². The largest absolute Gasteiger partial charge is 0.461 e. The molecule has 2 aromatic heterocycles. The summed E-state index contributed by atoms with van der Waals surface area (Å²) in [5.74, 6) is -0.660. The standard InChI is InChI=1S/C17H19N3O4S/c1-4-24-17(23)15-11-9-20(8-7-12(11)19(3)18-15)16(22)14-6-5-13(25-14)10(2)21/h5-6H,4,7-9H2,1-3H3. The minimum absolute atomic E-state index is 0.0539. The van der Waals surface area contributed by atoms with Crippen molar-refractivity contribution in [2.75, 3.05) is 13.2 Å². The Morgan fingerprint density at radius 2 is 2.00 bits per heavy atom. The minimum atomic E-state index is -0.469. The molecular formula is C17H19N3O4S. The third-order valence-electron chi connectivity index (χ3n) is 4.16. The number of nitrogens with zero attached hydrogens (tertiary/aromatic N) is 3. The Morgan fingerprint density at radius 3 is 2.64 bits per heavy atom. The molecule has 0 saturated carbocycles. The van der Waals surface area contributed by atoms with Crippen molar-refractivity contribution < 1.29 is 19.1 Å². The van der Waals surface area contributed by atoms with Gasteiger partial charge in [0.2, 0.25) is 0 Å². The zero-order valence-corrected chi connectivity index (χ0v) is 15.2. The second-order valence-corrected chi connectivity index (χ2v) is 6.90. The average molecular weight is 361 g/mol. The van der Waals surface area contributed by atoms with Crippen LogP contribution in [-0.4, -0.2) is 45.5 Å². The molecule has 0 aliphatic carbocycles. The van der Waals surface area contributed by atoms with E-state index in [1.807, 2.05) is 0 Å². The minimum Gasteiger partial charge on any atom is -0.461 e. The number of aromatic nitrogens is 2. The summed E-state index contributed by atoms with van der Waals surface area (Å²) in [5.41, 5.74) is 1.96. The number of ether oxygens (including phenoxy) is 1. The van der Waals surface area contributed by atoms with Gasteiger partial charge in [-0.1, -0.05) is 0 Å². The summed E-state index contributed by atoms with van der Waals surface area (Å²) < 4.78 is 6.75. The number of esters is 1. The van der Waals surface area contributed by atoms with Crippen LogP contribution >= 0.6 is 11.3 Å². The van der Waals surface area contributed by atoms with Gasteiger partial charge in [0.05, 0.1) is 22.9 Å². The van der Waals surface area contributed by atoms with Gasteiger partial charge in [0, 0.05) is 31.3 Å². The van der Waals surface area contributed by atoms with E-state index < -0.39 is 5.97 Å². The van der Waals surface area contributed by atoms with Crippen molar-refractivity contribution in [1.29, 1.82) is 0 Å². The molecule has 0 fully saturated rings. The highest BCUT2D eigenvalue weighted by Crippen LogP contribution is 2.26. The second kappa shape index (κ2) is 6.79. The highest BCUT2D eigenvalue weighted by Gasteiger charge is 2.30. The lowest BCUT2D eigenvalue weighted by Crippen LogP contribution is -2.36. The molecule has 1 aliphatic heterocycles. The molecular weight excluding hydrogens is 342 g/mol. The Kier molecular flexibility index (Phi) is 4.71. The number of ketones is 1. The molecule has 7 nitrogen and oxygen atoms in total. The summed E-state index contributed by atoms with van der Waals surface area (Å²) in [6, 6.07) is 3.35. The van der Waals surface area contributed by atoms with E-state index >= 15 is 0 Å². The lowest BCUT2D eigenvalue weighted by atomic mass is 10.0. The molecule has 0 spiro atoms. The number of carbonyl (C=O) groups excluding carboxylic acids is 3. The van der Waals surface area contributed by atoms with Crippen molar-refractivity contribution in [3.8, 4) is 0 Å². The van der Waals surface area contributed by atoms with E-state index in [1.54, 1.807) is 35.7 Å². The zero-order chi connectivity index (χ0) is 18.1. The summed E-state index contributed by atoms with van der Waals surface area (Å²) in [6.45, 7) is 4.35. The molecule has 25 heavy (non-hydrogen) atoms. The Morgan fingerprint density at radius 1 is 1.28 bits per heavy atom. The first-order chi connectivity index (χ1) is 11.9. The normalized spacial score (nSPS) is 13.5. The van der Waals surface area contributed by atoms with Crippen LogP contribution in [0.4, 0.5) is 0 Å². The Balaban J connectivity index is 1.85. The van der Waals surface area contributed by atoms with Gasteiger partial charge in [0.1, 0.15) is 0 Å². The van der Waals surface area contributed by atoms with Gasteiger partial charge in [0.15, 0.2) is 11.5 Å². The molecule has 3 rings (SSSR count). The van der Waals surface area contributed by atoms with Gasteiger partial charge in [0.25, 0.3) is 5.91 Å². The van der Waals surface area contributed by atoms with E-state index in [4.69, 9.17) is 4.74 Å². The predicted octanol–water partition coefficient (Wildman–Crippen LogP) is 2.06. The van der Waals surface area contributed by atoms with Gasteiger partial charge < -0.3 is 9.64 Å². The van der Waals surface area contributed by atoms with Gasteiger partial charge in [-0.3, -0.25) is 14.3 Å². The zero-order valence-electron chi connectivity index (χ0n) is 14.4. The van der Waals surface area contributed by atoms with E-state index in [0.29, 0.717) is 29.3 Å². The lowest BCUT2D eigenvalue weighted by Gasteiger charge is -2.27. The second-order valence-electron chi connectivity index (χ2n) is 5.81. The van der Waals surface area contributed by atoms with Crippen LogP contribution in [0.25, 0.3) is 0 Å². The van der Waals surface area contributed by atoms with Crippen LogP contribution in [0, 0.1) is 0 Å². The molecule has 0 bridgehead atoms. The van der Waals surface area contributed by atoms with Crippen molar-refractivity contribution in [3.05, 3.63) is 38.8 Å². The number of thiophene rings is 1. The number of hydrogen-bond acceptors (Lipinski definition) is 6. The monoisotopic (exact) mass is 361 g/mol. The fourth-order valence-corrected chi connectivity index (χ4v) is 3.80. The molecule has 0 saturated heterocycles. The maximum atomic E-state index is 12.7. The van der Waals surface area contributed by atoms with E-state index in [2.05, 4.69) is 5.10 Å². The van der Waals surface area contributed by atoms with Gasteiger partial charge in [-0.25, -0.2) is 4.79 Å². The Hall–Kier alpha value is -2.48. The van der Waals surface area contributed by atoms with Crippen LogP contribution in [-0.2, 0) is 24.8 Å². The molecule has 0 N–H and O–H groups in total. The third kappa shape index (κ3) is 3.21. The highest BCUT2D eigenvalue weighted by atomic mass is 32.1. The fourth-order valence-electron chi connectivity index (χ4n) is 2.93. The lowest BCUT2D eigenvalue weighted by molar-refractivity contribution is 0.0513. The van der Waals surface area contributed by atoms with Crippen LogP contribution in [0.3, 0.4) is 0 Å². The Bertz CT molecular complexity index is 852. The fraction of sp³-hybridized carbons (Fsp3) is 0.412. The first-order valence-electron chi connectivity index (χ1n) is 8.04. The first kappa shape index (κ1) is 17.3. The van der Waals surface area contributed by atoms with E-state index in [1.165, 1.54) is 18.3 Å². The smallest absolute Gasteiger partial charge is 0.359 e. The number of Topliss-reactive ketones (excluding diaryl/α,β-unsaturated/α-hetero) is 1. The maximum absolute atomic E-state index is 12.7. The van der Waals surface area contributed by atoms with E-state index in [-0.39, 0.29) is 24.0 Å². The molecule has 132 valence electrons. The molecule has 0 unspecified atom stereocenters. The van der Waals surface area contributed by atoms with Crippen molar-refractivity contribution >= 4 is 29.0 Å². The van der Waals surface area contributed by atoms with E-state index in [9.17, 15) is 14.4 Å². The number of rotatable bonds is 4. The quantitative estimate of drug-likeness (QED) is 0.615. The van der Waals surface area contributed by atoms with Gasteiger partial charge in [-0.15, -0.1) is 11.3 Å². The van der Waals surface area contributed by atoms with Gasteiger partial charge in [-0.05, 0) is 26.0 Å². The number of fused-ring (bicyclic) bond motifs is 1. The maximum Gasteiger partial charge on any atom is 0.359 e. The molecule has 0 aromatic carbocycles. The summed E-state index contributed by atoms with van der Waals surface area (Å²) in [7, 11) is 1.79. The first-order valence-corrected chi connectivity index (χ1v) is 8.86. The predicted molar refractivity (Wildman–Crippen MR) is 91.9 cm³/mol. The van der Waals surface area contributed by atoms with Crippen LogP contribution in [0.15, 0.2) is 12.1 Å².